The topological polar surface area (TPSA) is 46.6 Å². The smallest absolute Gasteiger partial charge is 0.309 e. The van der Waals surface area contributed by atoms with E-state index in [1.807, 2.05) is 19.9 Å². The minimum atomic E-state index is -0.201. The molecule has 1 unspecified atom stereocenters. The Hall–Kier alpha value is -1.32. The van der Waals surface area contributed by atoms with Gasteiger partial charge in [-0.3, -0.25) is 9.59 Å². The number of ether oxygens (including phenoxy) is 1. The molecular formula is C13H23NO3. The third-order valence-corrected chi connectivity index (χ3v) is 2.52. The Kier molecular flexibility index (Phi) is 8.11. The molecule has 0 aromatic heterocycles. The molecule has 17 heavy (non-hydrogen) atoms. The summed E-state index contributed by atoms with van der Waals surface area (Å²) in [6, 6.07) is -0.00376. The van der Waals surface area contributed by atoms with Crippen LogP contribution in [0.3, 0.4) is 0 Å². The largest absolute Gasteiger partial charge is 0.465 e. The molecule has 0 aromatic carbocycles. The van der Waals surface area contributed by atoms with Gasteiger partial charge in [0, 0.05) is 13.1 Å². The summed E-state index contributed by atoms with van der Waals surface area (Å²) in [6.45, 7) is 6.32. The summed E-state index contributed by atoms with van der Waals surface area (Å²) < 4.78 is 5.06. The Morgan fingerprint density at radius 1 is 1.47 bits per heavy atom. The van der Waals surface area contributed by atoms with Crippen molar-refractivity contribution in [2.75, 3.05) is 13.7 Å². The monoisotopic (exact) mass is 241 g/mol. The van der Waals surface area contributed by atoms with E-state index in [1.165, 1.54) is 0 Å². The van der Waals surface area contributed by atoms with Crippen molar-refractivity contribution >= 4 is 12.4 Å². The number of unbranched alkanes of at least 4 members (excludes halogenated alkanes) is 1. The molecular weight excluding hydrogens is 218 g/mol. The summed E-state index contributed by atoms with van der Waals surface area (Å²) >= 11 is 0. The van der Waals surface area contributed by atoms with Gasteiger partial charge in [-0.15, -0.1) is 0 Å². The van der Waals surface area contributed by atoms with Gasteiger partial charge in [-0.25, -0.2) is 0 Å². The fraction of sp³-hybridized carbons (Fsp3) is 0.692. The van der Waals surface area contributed by atoms with Crippen molar-refractivity contribution in [3.63, 3.8) is 0 Å². The number of likely N-dealkylation sites (N-methyl/N-ethyl adjacent to an activating group) is 1. The van der Waals surface area contributed by atoms with E-state index in [0.29, 0.717) is 13.0 Å². The van der Waals surface area contributed by atoms with E-state index in [1.54, 1.807) is 11.9 Å². The summed E-state index contributed by atoms with van der Waals surface area (Å²) in [4.78, 5) is 23.5. The first kappa shape index (κ1) is 15.7. The van der Waals surface area contributed by atoms with Crippen LogP contribution in [0.25, 0.3) is 0 Å². The first-order valence-corrected chi connectivity index (χ1v) is 6.01. The Labute approximate surface area is 104 Å². The van der Waals surface area contributed by atoms with Gasteiger partial charge in [0.25, 0.3) is 0 Å². The molecule has 0 N–H and O–H groups in total. The summed E-state index contributed by atoms with van der Waals surface area (Å²) in [5.74, 6) is -0.201. The number of carbonyl (C=O) groups excluding carboxylic acids is 2. The molecule has 0 aliphatic heterocycles. The molecule has 0 fully saturated rings. The molecule has 0 aliphatic rings. The lowest BCUT2D eigenvalue weighted by molar-refractivity contribution is -0.142. The van der Waals surface area contributed by atoms with Gasteiger partial charge in [0.2, 0.25) is 6.41 Å². The van der Waals surface area contributed by atoms with Crippen LogP contribution in [0.2, 0.25) is 0 Å². The maximum absolute atomic E-state index is 11.4. The molecule has 0 saturated heterocycles. The number of hydrogen-bond donors (Lipinski definition) is 0. The molecule has 0 aliphatic carbocycles. The highest BCUT2D eigenvalue weighted by Gasteiger charge is 2.07. The van der Waals surface area contributed by atoms with Crippen molar-refractivity contribution < 1.29 is 14.3 Å². The van der Waals surface area contributed by atoms with E-state index in [0.717, 1.165) is 24.8 Å². The van der Waals surface area contributed by atoms with Crippen molar-refractivity contribution in [2.24, 2.45) is 0 Å². The average molecular weight is 241 g/mol. The maximum atomic E-state index is 11.4. The zero-order valence-electron chi connectivity index (χ0n) is 11.2. The lowest BCUT2D eigenvalue weighted by Gasteiger charge is -2.17. The van der Waals surface area contributed by atoms with Crippen molar-refractivity contribution in [2.45, 2.75) is 46.1 Å². The lowest BCUT2D eigenvalue weighted by Crippen LogP contribution is -2.25. The van der Waals surface area contributed by atoms with Crippen LogP contribution in [0.1, 0.15) is 40.0 Å². The third-order valence-electron chi connectivity index (χ3n) is 2.52. The van der Waals surface area contributed by atoms with Gasteiger partial charge in [-0.05, 0) is 20.3 Å². The standard InChI is InChI=1S/C13H23NO3/c1-5-6-7-17-13(16)9-11(2)8-12(3)14(4)10-15/h8,10,12H,5-7,9H2,1-4H3/b11-8+. The van der Waals surface area contributed by atoms with Crippen molar-refractivity contribution in [3.05, 3.63) is 11.6 Å². The van der Waals surface area contributed by atoms with Gasteiger partial charge in [0.15, 0.2) is 0 Å². The molecule has 0 radical (unpaired) electrons. The van der Waals surface area contributed by atoms with E-state index >= 15 is 0 Å². The van der Waals surface area contributed by atoms with Crippen LogP contribution in [0.5, 0.6) is 0 Å². The fourth-order valence-electron chi connectivity index (χ4n) is 1.29. The number of carbonyl (C=O) groups is 2. The highest BCUT2D eigenvalue weighted by atomic mass is 16.5. The van der Waals surface area contributed by atoms with E-state index in [2.05, 4.69) is 6.92 Å². The van der Waals surface area contributed by atoms with Crippen molar-refractivity contribution in [3.8, 4) is 0 Å². The Morgan fingerprint density at radius 2 is 2.12 bits per heavy atom. The Morgan fingerprint density at radius 3 is 2.65 bits per heavy atom. The van der Waals surface area contributed by atoms with E-state index in [9.17, 15) is 9.59 Å². The molecule has 0 heterocycles. The van der Waals surface area contributed by atoms with Gasteiger partial charge in [-0.2, -0.15) is 0 Å². The van der Waals surface area contributed by atoms with E-state index < -0.39 is 0 Å². The molecule has 0 rings (SSSR count). The molecule has 0 saturated carbocycles. The molecule has 1 amide bonds. The number of rotatable bonds is 8. The molecule has 4 nitrogen and oxygen atoms in total. The zero-order valence-corrected chi connectivity index (χ0v) is 11.2. The van der Waals surface area contributed by atoms with Gasteiger partial charge >= 0.3 is 5.97 Å². The van der Waals surface area contributed by atoms with Gasteiger partial charge in [0.05, 0.1) is 13.0 Å². The summed E-state index contributed by atoms with van der Waals surface area (Å²) in [5.41, 5.74) is 0.924. The molecule has 0 aromatic rings. The molecule has 98 valence electrons. The van der Waals surface area contributed by atoms with Crippen LogP contribution >= 0.6 is 0 Å². The van der Waals surface area contributed by atoms with Gasteiger partial charge in [0.1, 0.15) is 0 Å². The first-order valence-electron chi connectivity index (χ1n) is 6.01. The highest BCUT2D eigenvalue weighted by molar-refractivity contribution is 5.72. The minimum absolute atomic E-state index is 0.00376. The highest BCUT2D eigenvalue weighted by Crippen LogP contribution is 2.06. The van der Waals surface area contributed by atoms with Crippen LogP contribution in [-0.2, 0) is 14.3 Å². The predicted molar refractivity (Wildman–Crippen MR) is 67.5 cm³/mol. The second-order valence-electron chi connectivity index (χ2n) is 4.28. The fourth-order valence-corrected chi connectivity index (χ4v) is 1.29. The van der Waals surface area contributed by atoms with Crippen LogP contribution in [-0.4, -0.2) is 37.0 Å². The Balaban J connectivity index is 4.06. The molecule has 0 bridgehead atoms. The number of hydrogen-bond acceptors (Lipinski definition) is 3. The second kappa shape index (κ2) is 8.79. The predicted octanol–water partition coefficient (Wildman–Crippen LogP) is 2.14. The maximum Gasteiger partial charge on any atom is 0.309 e. The van der Waals surface area contributed by atoms with E-state index in [4.69, 9.17) is 4.74 Å². The zero-order chi connectivity index (χ0) is 13.3. The summed E-state index contributed by atoms with van der Waals surface area (Å²) in [5, 5.41) is 0. The quantitative estimate of drug-likeness (QED) is 0.283. The third kappa shape index (κ3) is 7.55. The SMILES string of the molecule is CCCCOC(=O)C/C(C)=C/C(C)N(C)C=O. The second-order valence-corrected chi connectivity index (χ2v) is 4.28. The average Bonchev–Trinajstić information content (AvgIpc) is 2.27. The van der Waals surface area contributed by atoms with Crippen LogP contribution < -0.4 is 0 Å². The lowest BCUT2D eigenvalue weighted by atomic mass is 10.1. The molecule has 1 atom stereocenters. The summed E-state index contributed by atoms with van der Waals surface area (Å²) in [7, 11) is 1.71. The number of esters is 1. The van der Waals surface area contributed by atoms with Crippen molar-refractivity contribution in [1.29, 1.82) is 0 Å². The Bertz CT molecular complexity index is 274. The van der Waals surface area contributed by atoms with Gasteiger partial charge < -0.3 is 9.64 Å². The molecule has 4 heteroatoms. The van der Waals surface area contributed by atoms with Gasteiger partial charge in [-0.1, -0.05) is 25.0 Å². The first-order chi connectivity index (χ1) is 8.01. The van der Waals surface area contributed by atoms with E-state index in [-0.39, 0.29) is 12.0 Å². The number of amides is 1. The van der Waals surface area contributed by atoms with Crippen LogP contribution in [0.4, 0.5) is 0 Å². The summed E-state index contributed by atoms with van der Waals surface area (Å²) in [6.07, 6.45) is 4.88. The van der Waals surface area contributed by atoms with Crippen LogP contribution in [0.15, 0.2) is 11.6 Å². The number of nitrogens with zero attached hydrogens (tertiary/aromatic N) is 1. The minimum Gasteiger partial charge on any atom is -0.465 e. The normalized spacial score (nSPS) is 13.1. The molecule has 0 spiro atoms. The van der Waals surface area contributed by atoms with Crippen molar-refractivity contribution in [1.82, 2.24) is 4.90 Å². The van der Waals surface area contributed by atoms with Crippen LogP contribution in [0, 0.1) is 0 Å².